The monoisotopic (exact) mass is 338 g/mol. The van der Waals surface area contributed by atoms with E-state index in [-0.39, 0.29) is 17.6 Å². The predicted molar refractivity (Wildman–Crippen MR) is 90.3 cm³/mol. The summed E-state index contributed by atoms with van der Waals surface area (Å²) in [7, 11) is 0. The molecule has 0 aliphatic heterocycles. The average Bonchev–Trinajstić information content (AvgIpc) is 2.53. The van der Waals surface area contributed by atoms with Crippen molar-refractivity contribution < 1.29 is 29.3 Å². The number of ether oxygens (including phenoxy) is 1. The fourth-order valence-electron chi connectivity index (χ4n) is 1.94. The highest BCUT2D eigenvalue weighted by molar-refractivity contribution is 5.92. The van der Waals surface area contributed by atoms with E-state index in [0.717, 1.165) is 39.0 Å². The number of hydrogen-bond donors (Lipinski definition) is 2. The average molecular weight is 338 g/mol. The Balaban J connectivity index is 0.00000118. The molecule has 0 spiro atoms. The first-order chi connectivity index (χ1) is 11.3. The van der Waals surface area contributed by atoms with Crippen molar-refractivity contribution in [2.24, 2.45) is 0 Å². The molecule has 0 amide bonds. The molecule has 1 unspecified atom stereocenters. The van der Waals surface area contributed by atoms with Crippen LogP contribution in [0.25, 0.3) is 0 Å². The molecule has 0 aliphatic rings. The van der Waals surface area contributed by atoms with E-state index in [9.17, 15) is 9.59 Å². The predicted octanol–water partition coefficient (Wildman–Crippen LogP) is 3.99. The molecule has 0 saturated heterocycles. The van der Waals surface area contributed by atoms with Gasteiger partial charge in [-0.05, 0) is 43.5 Å². The van der Waals surface area contributed by atoms with Gasteiger partial charge in [0.15, 0.2) is 0 Å². The summed E-state index contributed by atoms with van der Waals surface area (Å²) in [5, 5.41) is 16.2. The van der Waals surface area contributed by atoms with Crippen LogP contribution in [0.15, 0.2) is 24.3 Å². The summed E-state index contributed by atoms with van der Waals surface area (Å²) in [6.07, 6.45) is 4.95. The van der Waals surface area contributed by atoms with E-state index in [0.29, 0.717) is 5.56 Å². The zero-order valence-electron chi connectivity index (χ0n) is 14.4. The Labute approximate surface area is 142 Å². The molecule has 0 saturated carbocycles. The van der Waals surface area contributed by atoms with E-state index >= 15 is 0 Å². The third-order valence-electron chi connectivity index (χ3n) is 3.23. The quantitative estimate of drug-likeness (QED) is 0.549. The van der Waals surface area contributed by atoms with Crippen LogP contribution in [0.4, 0.5) is 0 Å². The van der Waals surface area contributed by atoms with Crippen molar-refractivity contribution in [1.29, 1.82) is 0 Å². The molecule has 0 aromatic heterocycles. The number of benzene rings is 1. The molecule has 1 aromatic carbocycles. The van der Waals surface area contributed by atoms with E-state index < -0.39 is 11.9 Å². The van der Waals surface area contributed by atoms with Crippen molar-refractivity contribution in [2.75, 3.05) is 0 Å². The first kappa shape index (κ1) is 21.6. The van der Waals surface area contributed by atoms with Gasteiger partial charge in [0.25, 0.3) is 5.97 Å². The molecule has 24 heavy (non-hydrogen) atoms. The van der Waals surface area contributed by atoms with Crippen molar-refractivity contribution >= 4 is 17.9 Å². The molecule has 0 bridgehead atoms. The van der Waals surface area contributed by atoms with Crippen LogP contribution in [0.3, 0.4) is 0 Å². The zero-order valence-corrected chi connectivity index (χ0v) is 14.4. The third kappa shape index (κ3) is 9.61. The maximum atomic E-state index is 12.0. The Morgan fingerprint density at radius 3 is 1.92 bits per heavy atom. The first-order valence-electron chi connectivity index (χ1n) is 8.05. The molecule has 134 valence electrons. The number of carboxylic acids is 2. The number of esters is 1. The Bertz CT molecular complexity index is 517. The molecular weight excluding hydrogens is 312 g/mol. The molecular formula is C18H26O6. The van der Waals surface area contributed by atoms with Gasteiger partial charge < -0.3 is 14.9 Å². The van der Waals surface area contributed by atoms with Crippen LogP contribution in [-0.4, -0.2) is 34.2 Å². The van der Waals surface area contributed by atoms with Crippen molar-refractivity contribution in [3.05, 3.63) is 35.4 Å². The number of aliphatic carboxylic acids is 1. The maximum absolute atomic E-state index is 12.0. The van der Waals surface area contributed by atoms with Gasteiger partial charge in [-0.15, -0.1) is 0 Å². The smallest absolute Gasteiger partial charge is 0.338 e. The van der Waals surface area contributed by atoms with E-state index in [1.54, 1.807) is 0 Å². The maximum Gasteiger partial charge on any atom is 0.338 e. The molecule has 0 radical (unpaired) electrons. The molecule has 1 rings (SSSR count). The fourth-order valence-corrected chi connectivity index (χ4v) is 1.94. The topological polar surface area (TPSA) is 101 Å². The number of rotatable bonds is 8. The number of hydrogen-bond acceptors (Lipinski definition) is 4. The van der Waals surface area contributed by atoms with Crippen molar-refractivity contribution in [1.82, 2.24) is 0 Å². The minimum absolute atomic E-state index is 0.0619. The largest absolute Gasteiger partial charge is 0.481 e. The minimum Gasteiger partial charge on any atom is -0.481 e. The van der Waals surface area contributed by atoms with E-state index in [1.165, 1.54) is 24.3 Å². The van der Waals surface area contributed by atoms with Gasteiger partial charge in [0.2, 0.25) is 0 Å². The Hall–Kier alpha value is -2.37. The number of aromatic carboxylic acids is 1. The molecule has 0 heterocycles. The van der Waals surface area contributed by atoms with Crippen LogP contribution in [0.5, 0.6) is 0 Å². The highest BCUT2D eigenvalue weighted by Gasteiger charge is 2.14. The van der Waals surface area contributed by atoms with Gasteiger partial charge in [0.1, 0.15) is 6.10 Å². The Morgan fingerprint density at radius 1 is 1.00 bits per heavy atom. The second kappa shape index (κ2) is 12.1. The molecule has 1 atom stereocenters. The number of carboxylic acid groups (broad SMARTS) is 2. The number of carbonyl (C=O) groups excluding carboxylic acids is 1. The van der Waals surface area contributed by atoms with Gasteiger partial charge in [-0.3, -0.25) is 4.79 Å². The van der Waals surface area contributed by atoms with E-state index in [1.807, 2.05) is 6.92 Å². The molecule has 0 aliphatic carbocycles. The normalized spacial score (nSPS) is 11.0. The van der Waals surface area contributed by atoms with Crippen molar-refractivity contribution in [3.63, 3.8) is 0 Å². The summed E-state index contributed by atoms with van der Waals surface area (Å²) in [5.41, 5.74) is 0.556. The standard InChI is InChI=1S/C16H22O4.C2H4O2/c1-3-5-6-7-14(4-2)20-16(19)13-10-8-12(9-11-13)15(17)18;1-2(3)4/h8-11,14H,3-7H2,1-2H3,(H,17,18);1H3,(H,3,4). The lowest BCUT2D eigenvalue weighted by molar-refractivity contribution is -0.134. The molecule has 2 N–H and O–H groups in total. The summed E-state index contributed by atoms with van der Waals surface area (Å²) in [6, 6.07) is 5.81. The van der Waals surface area contributed by atoms with Gasteiger partial charge in [-0.2, -0.15) is 0 Å². The summed E-state index contributed by atoms with van der Waals surface area (Å²) in [6.45, 7) is 5.22. The summed E-state index contributed by atoms with van der Waals surface area (Å²) in [4.78, 5) is 31.7. The molecule has 6 heteroatoms. The zero-order chi connectivity index (χ0) is 18.5. The van der Waals surface area contributed by atoms with Gasteiger partial charge >= 0.3 is 11.9 Å². The Morgan fingerprint density at radius 2 is 1.50 bits per heavy atom. The highest BCUT2D eigenvalue weighted by atomic mass is 16.5. The van der Waals surface area contributed by atoms with Crippen LogP contribution in [-0.2, 0) is 9.53 Å². The van der Waals surface area contributed by atoms with Gasteiger partial charge in [-0.25, -0.2) is 9.59 Å². The van der Waals surface area contributed by atoms with Gasteiger partial charge in [0.05, 0.1) is 11.1 Å². The molecule has 1 aromatic rings. The van der Waals surface area contributed by atoms with Gasteiger partial charge in [0, 0.05) is 6.92 Å². The number of carbonyl (C=O) groups is 3. The van der Waals surface area contributed by atoms with Crippen LogP contribution in [0, 0.1) is 0 Å². The van der Waals surface area contributed by atoms with Crippen molar-refractivity contribution in [2.45, 2.75) is 59.0 Å². The second-order valence-corrected chi connectivity index (χ2v) is 5.33. The minimum atomic E-state index is -1.00. The lowest BCUT2D eigenvalue weighted by Gasteiger charge is -2.16. The SMILES string of the molecule is CC(=O)O.CCCCCC(CC)OC(=O)c1ccc(C(=O)O)cc1. The lowest BCUT2D eigenvalue weighted by atomic mass is 10.1. The number of unbranched alkanes of at least 4 members (excludes halogenated alkanes) is 2. The highest BCUT2D eigenvalue weighted by Crippen LogP contribution is 2.13. The summed E-state index contributed by atoms with van der Waals surface area (Å²) in [5.74, 6) is -2.22. The molecule has 0 fully saturated rings. The van der Waals surface area contributed by atoms with E-state index in [2.05, 4.69) is 6.92 Å². The van der Waals surface area contributed by atoms with Crippen LogP contribution < -0.4 is 0 Å². The summed E-state index contributed by atoms with van der Waals surface area (Å²) < 4.78 is 5.45. The van der Waals surface area contributed by atoms with Crippen LogP contribution in [0.2, 0.25) is 0 Å². The van der Waals surface area contributed by atoms with E-state index in [4.69, 9.17) is 19.7 Å². The second-order valence-electron chi connectivity index (χ2n) is 5.33. The van der Waals surface area contributed by atoms with Crippen molar-refractivity contribution in [3.8, 4) is 0 Å². The Kier molecular flexibility index (Phi) is 10.9. The molecule has 6 nitrogen and oxygen atoms in total. The third-order valence-corrected chi connectivity index (χ3v) is 3.23. The first-order valence-corrected chi connectivity index (χ1v) is 8.05. The fraction of sp³-hybridized carbons (Fsp3) is 0.500. The van der Waals surface area contributed by atoms with Crippen LogP contribution >= 0.6 is 0 Å². The van der Waals surface area contributed by atoms with Crippen LogP contribution in [0.1, 0.15) is 73.6 Å². The lowest BCUT2D eigenvalue weighted by Crippen LogP contribution is -2.17. The van der Waals surface area contributed by atoms with Gasteiger partial charge in [-0.1, -0.05) is 26.7 Å². The summed E-state index contributed by atoms with van der Waals surface area (Å²) >= 11 is 0.